The van der Waals surface area contributed by atoms with Crippen LogP contribution in [0, 0.1) is 0 Å². The van der Waals surface area contributed by atoms with Gasteiger partial charge in [0.2, 0.25) is 5.91 Å². The zero-order chi connectivity index (χ0) is 13.0. The van der Waals surface area contributed by atoms with Gasteiger partial charge in [-0.2, -0.15) is 0 Å². The summed E-state index contributed by atoms with van der Waals surface area (Å²) in [6.45, 7) is 3.20. The topological polar surface area (TPSA) is 35.6 Å². The van der Waals surface area contributed by atoms with Crippen molar-refractivity contribution in [2.45, 2.75) is 19.0 Å². The Kier molecular flexibility index (Phi) is 4.74. The maximum Gasteiger partial charge on any atom is 0.234 e. The molecular formula is C13H21N3OS. The van der Waals surface area contributed by atoms with Crippen LogP contribution in [0.15, 0.2) is 17.5 Å². The molecule has 0 spiro atoms. The van der Waals surface area contributed by atoms with Crippen LogP contribution in [0.4, 0.5) is 0 Å². The monoisotopic (exact) mass is 267 g/mol. The van der Waals surface area contributed by atoms with Crippen LogP contribution in [-0.4, -0.2) is 55.5 Å². The molecule has 1 aromatic rings. The van der Waals surface area contributed by atoms with Crippen molar-refractivity contribution in [3.63, 3.8) is 0 Å². The van der Waals surface area contributed by atoms with E-state index in [4.69, 9.17) is 0 Å². The van der Waals surface area contributed by atoms with Crippen molar-refractivity contribution >= 4 is 17.2 Å². The lowest BCUT2D eigenvalue weighted by Gasteiger charge is -2.19. The summed E-state index contributed by atoms with van der Waals surface area (Å²) in [6.07, 6.45) is 1.16. The molecule has 2 rings (SSSR count). The summed E-state index contributed by atoms with van der Waals surface area (Å²) >= 11 is 1.68. The van der Waals surface area contributed by atoms with E-state index in [1.807, 2.05) is 17.5 Å². The van der Waals surface area contributed by atoms with Gasteiger partial charge in [-0.15, -0.1) is 11.3 Å². The summed E-state index contributed by atoms with van der Waals surface area (Å²) in [5.74, 6) is 0.128. The van der Waals surface area contributed by atoms with Crippen LogP contribution >= 0.6 is 11.3 Å². The summed E-state index contributed by atoms with van der Waals surface area (Å²) in [5, 5.41) is 5.00. The summed E-state index contributed by atoms with van der Waals surface area (Å²) in [6, 6.07) is 4.65. The first kappa shape index (κ1) is 13.5. The van der Waals surface area contributed by atoms with Crippen molar-refractivity contribution in [2.24, 2.45) is 0 Å². The van der Waals surface area contributed by atoms with Crippen molar-refractivity contribution in [2.75, 3.05) is 33.7 Å². The summed E-state index contributed by atoms with van der Waals surface area (Å²) in [5.41, 5.74) is 0. The molecule has 0 aromatic carbocycles. The number of likely N-dealkylation sites (N-methyl/N-ethyl adjacent to an activating group) is 1. The normalized spacial score (nSPS) is 20.5. The number of amides is 1. The molecular weight excluding hydrogens is 246 g/mol. The van der Waals surface area contributed by atoms with Crippen LogP contribution in [-0.2, 0) is 11.3 Å². The van der Waals surface area contributed by atoms with Gasteiger partial charge in [-0.25, -0.2) is 0 Å². The van der Waals surface area contributed by atoms with E-state index in [0.29, 0.717) is 19.1 Å². The van der Waals surface area contributed by atoms with Crippen molar-refractivity contribution < 1.29 is 4.79 Å². The predicted molar refractivity (Wildman–Crippen MR) is 74.7 cm³/mol. The van der Waals surface area contributed by atoms with Gasteiger partial charge in [-0.05, 0) is 32.0 Å². The van der Waals surface area contributed by atoms with E-state index in [-0.39, 0.29) is 5.91 Å². The Labute approximate surface area is 113 Å². The van der Waals surface area contributed by atoms with E-state index in [1.54, 1.807) is 11.3 Å². The Bertz CT molecular complexity index is 378. The van der Waals surface area contributed by atoms with Gasteiger partial charge in [-0.3, -0.25) is 9.69 Å². The van der Waals surface area contributed by atoms with Crippen LogP contribution in [0.3, 0.4) is 0 Å². The van der Waals surface area contributed by atoms with Gasteiger partial charge in [0.25, 0.3) is 0 Å². The molecule has 18 heavy (non-hydrogen) atoms. The lowest BCUT2D eigenvalue weighted by Crippen LogP contribution is -2.37. The van der Waals surface area contributed by atoms with Gasteiger partial charge in [0, 0.05) is 24.0 Å². The Morgan fingerprint density at radius 2 is 2.44 bits per heavy atom. The molecule has 2 heterocycles. The zero-order valence-corrected chi connectivity index (χ0v) is 11.9. The molecule has 1 saturated heterocycles. The molecule has 0 radical (unpaired) electrons. The lowest BCUT2D eigenvalue weighted by atomic mass is 10.2. The molecule has 100 valence electrons. The van der Waals surface area contributed by atoms with Gasteiger partial charge in [0.05, 0.1) is 13.1 Å². The fourth-order valence-electron chi connectivity index (χ4n) is 2.24. The summed E-state index contributed by atoms with van der Waals surface area (Å²) in [7, 11) is 4.20. The number of carbonyl (C=O) groups is 1. The number of hydrogen-bond acceptors (Lipinski definition) is 4. The molecule has 5 heteroatoms. The van der Waals surface area contributed by atoms with Crippen molar-refractivity contribution in [3.05, 3.63) is 22.4 Å². The molecule has 1 unspecified atom stereocenters. The van der Waals surface area contributed by atoms with Crippen LogP contribution in [0.2, 0.25) is 0 Å². The number of thiophene rings is 1. The zero-order valence-electron chi connectivity index (χ0n) is 11.1. The standard InChI is InChI=1S/C13H21N3OS/c1-15(2)11-5-6-16(9-11)10-13(17)14-8-12-4-3-7-18-12/h3-4,7,11H,5-6,8-10H2,1-2H3,(H,14,17). The Morgan fingerprint density at radius 1 is 1.61 bits per heavy atom. The maximum absolute atomic E-state index is 11.8. The molecule has 1 N–H and O–H groups in total. The van der Waals surface area contributed by atoms with Crippen LogP contribution in [0.1, 0.15) is 11.3 Å². The maximum atomic E-state index is 11.8. The van der Waals surface area contributed by atoms with E-state index in [1.165, 1.54) is 4.88 Å². The second-order valence-electron chi connectivity index (χ2n) is 5.00. The van der Waals surface area contributed by atoms with E-state index in [2.05, 4.69) is 29.2 Å². The predicted octanol–water partition coefficient (Wildman–Crippen LogP) is 1.00. The Balaban J connectivity index is 1.69. The molecule has 1 atom stereocenters. The molecule has 1 aromatic heterocycles. The second kappa shape index (κ2) is 6.31. The number of nitrogens with zero attached hydrogens (tertiary/aromatic N) is 2. The van der Waals surface area contributed by atoms with Gasteiger partial charge in [0.15, 0.2) is 0 Å². The highest BCUT2D eigenvalue weighted by Crippen LogP contribution is 2.12. The first-order valence-electron chi connectivity index (χ1n) is 6.33. The third kappa shape index (κ3) is 3.80. The number of nitrogens with one attached hydrogen (secondary N) is 1. The molecule has 1 fully saturated rings. The van der Waals surface area contributed by atoms with Gasteiger partial charge in [0.1, 0.15) is 0 Å². The largest absolute Gasteiger partial charge is 0.350 e. The van der Waals surface area contributed by atoms with Gasteiger partial charge in [-0.1, -0.05) is 6.07 Å². The van der Waals surface area contributed by atoms with E-state index in [0.717, 1.165) is 19.5 Å². The number of carbonyl (C=O) groups excluding carboxylic acids is 1. The number of likely N-dealkylation sites (tertiary alicyclic amines) is 1. The molecule has 1 aliphatic heterocycles. The second-order valence-corrected chi connectivity index (χ2v) is 6.03. The molecule has 0 saturated carbocycles. The number of rotatable bonds is 5. The minimum Gasteiger partial charge on any atom is -0.350 e. The van der Waals surface area contributed by atoms with Gasteiger partial charge >= 0.3 is 0 Å². The fourth-order valence-corrected chi connectivity index (χ4v) is 2.88. The molecule has 1 amide bonds. The smallest absolute Gasteiger partial charge is 0.234 e. The summed E-state index contributed by atoms with van der Waals surface area (Å²) in [4.78, 5) is 17.5. The van der Waals surface area contributed by atoms with Crippen LogP contribution in [0.25, 0.3) is 0 Å². The highest BCUT2D eigenvalue weighted by atomic mass is 32.1. The van der Waals surface area contributed by atoms with E-state index >= 15 is 0 Å². The van der Waals surface area contributed by atoms with Crippen molar-refractivity contribution in [1.82, 2.24) is 15.1 Å². The molecule has 1 aliphatic rings. The van der Waals surface area contributed by atoms with E-state index in [9.17, 15) is 4.79 Å². The Hall–Kier alpha value is -0.910. The van der Waals surface area contributed by atoms with E-state index < -0.39 is 0 Å². The van der Waals surface area contributed by atoms with Crippen LogP contribution < -0.4 is 5.32 Å². The molecule has 0 bridgehead atoms. The lowest BCUT2D eigenvalue weighted by molar-refractivity contribution is -0.122. The van der Waals surface area contributed by atoms with Crippen LogP contribution in [0.5, 0.6) is 0 Å². The summed E-state index contributed by atoms with van der Waals surface area (Å²) < 4.78 is 0. The Morgan fingerprint density at radius 3 is 3.06 bits per heavy atom. The number of hydrogen-bond donors (Lipinski definition) is 1. The minimum atomic E-state index is 0.128. The third-order valence-electron chi connectivity index (χ3n) is 3.38. The molecule has 4 nitrogen and oxygen atoms in total. The van der Waals surface area contributed by atoms with Crippen molar-refractivity contribution in [3.8, 4) is 0 Å². The highest BCUT2D eigenvalue weighted by Gasteiger charge is 2.24. The third-order valence-corrected chi connectivity index (χ3v) is 4.26. The molecule has 0 aliphatic carbocycles. The quantitative estimate of drug-likeness (QED) is 0.864. The average molecular weight is 267 g/mol. The van der Waals surface area contributed by atoms with Crippen molar-refractivity contribution in [1.29, 1.82) is 0 Å². The van der Waals surface area contributed by atoms with Gasteiger partial charge < -0.3 is 10.2 Å². The first-order chi connectivity index (χ1) is 8.65. The highest BCUT2D eigenvalue weighted by molar-refractivity contribution is 7.09. The first-order valence-corrected chi connectivity index (χ1v) is 7.21. The fraction of sp³-hybridized carbons (Fsp3) is 0.615. The SMILES string of the molecule is CN(C)C1CCN(CC(=O)NCc2cccs2)C1. The minimum absolute atomic E-state index is 0.128. The average Bonchev–Trinajstić information content (AvgIpc) is 2.96.